The number of nitrogens with zero attached hydrogens (tertiary/aromatic N) is 1. The van der Waals surface area contributed by atoms with Crippen molar-refractivity contribution in [3.8, 4) is 11.5 Å². The standard InChI is InChI=1S/C14H19NO3S/c1-14(2)8-18-13(15-14)9-6-10(16-3)12(19-5)11(7-9)17-4/h6-7H,8H2,1-5H3. The van der Waals surface area contributed by atoms with Gasteiger partial charge in [0, 0.05) is 5.56 Å². The van der Waals surface area contributed by atoms with E-state index in [-0.39, 0.29) is 5.54 Å². The molecule has 1 heterocycles. The molecule has 0 aromatic heterocycles. The Bertz CT molecular complexity index is 486. The first-order valence-electron chi connectivity index (χ1n) is 6.04. The Morgan fingerprint density at radius 3 is 2.16 bits per heavy atom. The molecule has 1 aromatic carbocycles. The normalized spacial score (nSPS) is 16.8. The predicted octanol–water partition coefficient (Wildman–Crippen LogP) is 2.98. The molecule has 0 fully saturated rings. The minimum atomic E-state index is -0.173. The van der Waals surface area contributed by atoms with Crippen LogP contribution >= 0.6 is 11.8 Å². The van der Waals surface area contributed by atoms with Crippen molar-refractivity contribution in [2.24, 2.45) is 4.99 Å². The lowest BCUT2D eigenvalue weighted by Crippen LogP contribution is -2.17. The summed E-state index contributed by atoms with van der Waals surface area (Å²) in [6.07, 6.45) is 1.99. The molecule has 0 aliphatic carbocycles. The molecule has 0 saturated heterocycles. The molecular formula is C14H19NO3S. The Hall–Kier alpha value is -1.36. The van der Waals surface area contributed by atoms with E-state index in [1.165, 1.54) is 0 Å². The van der Waals surface area contributed by atoms with Crippen LogP contribution in [0.5, 0.6) is 11.5 Å². The topological polar surface area (TPSA) is 40.0 Å². The highest BCUT2D eigenvalue weighted by Crippen LogP contribution is 2.38. The van der Waals surface area contributed by atoms with Crippen LogP contribution in [0, 0.1) is 0 Å². The van der Waals surface area contributed by atoms with E-state index in [0.717, 1.165) is 22.0 Å². The number of rotatable bonds is 4. The zero-order valence-electron chi connectivity index (χ0n) is 11.9. The lowest BCUT2D eigenvalue weighted by molar-refractivity contribution is 0.279. The maximum absolute atomic E-state index is 5.66. The van der Waals surface area contributed by atoms with Crippen LogP contribution in [-0.4, -0.2) is 38.5 Å². The maximum atomic E-state index is 5.66. The first kappa shape index (κ1) is 14.1. The first-order valence-corrected chi connectivity index (χ1v) is 7.26. The molecule has 0 saturated carbocycles. The van der Waals surface area contributed by atoms with Gasteiger partial charge in [-0.25, -0.2) is 4.99 Å². The minimum Gasteiger partial charge on any atom is -0.495 e. The third kappa shape index (κ3) is 2.81. The van der Waals surface area contributed by atoms with Crippen molar-refractivity contribution in [2.45, 2.75) is 24.3 Å². The Balaban J connectivity index is 2.48. The van der Waals surface area contributed by atoms with Crippen molar-refractivity contribution >= 4 is 17.7 Å². The SMILES string of the molecule is COc1cc(C2=NC(C)(C)CO2)cc(OC)c1SC. The van der Waals surface area contributed by atoms with E-state index in [0.29, 0.717) is 12.5 Å². The summed E-state index contributed by atoms with van der Waals surface area (Å²) in [5.74, 6) is 2.20. The summed E-state index contributed by atoms with van der Waals surface area (Å²) in [5.41, 5.74) is 0.714. The smallest absolute Gasteiger partial charge is 0.217 e. The van der Waals surface area contributed by atoms with Crippen molar-refractivity contribution in [2.75, 3.05) is 27.1 Å². The monoisotopic (exact) mass is 281 g/mol. The Morgan fingerprint density at radius 1 is 1.21 bits per heavy atom. The second kappa shape index (κ2) is 5.33. The molecule has 0 unspecified atom stereocenters. The zero-order valence-corrected chi connectivity index (χ0v) is 12.8. The molecule has 0 radical (unpaired) electrons. The van der Waals surface area contributed by atoms with Gasteiger partial charge >= 0.3 is 0 Å². The number of aliphatic imine (C=N–C) groups is 1. The molecule has 1 aliphatic rings. The van der Waals surface area contributed by atoms with E-state index in [1.54, 1.807) is 26.0 Å². The van der Waals surface area contributed by atoms with Gasteiger partial charge in [0.15, 0.2) is 0 Å². The number of hydrogen-bond acceptors (Lipinski definition) is 5. The predicted molar refractivity (Wildman–Crippen MR) is 77.9 cm³/mol. The highest BCUT2D eigenvalue weighted by Gasteiger charge is 2.28. The highest BCUT2D eigenvalue weighted by atomic mass is 32.2. The summed E-state index contributed by atoms with van der Waals surface area (Å²) < 4.78 is 16.5. The lowest BCUT2D eigenvalue weighted by Gasteiger charge is -2.13. The Labute approximate surface area is 118 Å². The average molecular weight is 281 g/mol. The van der Waals surface area contributed by atoms with Gasteiger partial charge in [0.05, 0.1) is 24.7 Å². The summed E-state index contributed by atoms with van der Waals surface area (Å²) in [5, 5.41) is 0. The number of ether oxygens (including phenoxy) is 3. The first-order chi connectivity index (χ1) is 9.00. The number of hydrogen-bond donors (Lipinski definition) is 0. The van der Waals surface area contributed by atoms with Crippen LogP contribution in [0.3, 0.4) is 0 Å². The van der Waals surface area contributed by atoms with E-state index in [9.17, 15) is 0 Å². The molecule has 0 N–H and O–H groups in total. The van der Waals surface area contributed by atoms with Gasteiger partial charge in [0.25, 0.3) is 0 Å². The van der Waals surface area contributed by atoms with E-state index < -0.39 is 0 Å². The van der Waals surface area contributed by atoms with Gasteiger partial charge in [0.2, 0.25) is 5.90 Å². The minimum absolute atomic E-state index is 0.173. The maximum Gasteiger partial charge on any atom is 0.217 e. The van der Waals surface area contributed by atoms with Gasteiger partial charge in [-0.15, -0.1) is 11.8 Å². The second-order valence-corrected chi connectivity index (χ2v) is 5.75. The molecular weight excluding hydrogens is 262 g/mol. The van der Waals surface area contributed by atoms with E-state index >= 15 is 0 Å². The zero-order chi connectivity index (χ0) is 14.0. The number of methoxy groups -OCH3 is 2. The van der Waals surface area contributed by atoms with Crippen molar-refractivity contribution in [3.63, 3.8) is 0 Å². The van der Waals surface area contributed by atoms with Gasteiger partial charge in [-0.3, -0.25) is 0 Å². The number of thioether (sulfide) groups is 1. The summed E-state index contributed by atoms with van der Waals surface area (Å²) in [4.78, 5) is 5.55. The van der Waals surface area contributed by atoms with Gasteiger partial charge in [0.1, 0.15) is 18.1 Å². The third-order valence-corrected chi connectivity index (χ3v) is 3.69. The van der Waals surface area contributed by atoms with Crippen LogP contribution in [0.1, 0.15) is 19.4 Å². The van der Waals surface area contributed by atoms with Crippen LogP contribution in [0.15, 0.2) is 22.0 Å². The second-order valence-electron chi connectivity index (χ2n) is 4.93. The van der Waals surface area contributed by atoms with Crippen LogP contribution in [0.4, 0.5) is 0 Å². The van der Waals surface area contributed by atoms with Crippen LogP contribution in [0.25, 0.3) is 0 Å². The van der Waals surface area contributed by atoms with Crippen molar-refractivity contribution in [1.29, 1.82) is 0 Å². The van der Waals surface area contributed by atoms with Gasteiger partial charge in [-0.05, 0) is 32.2 Å². The molecule has 0 spiro atoms. The van der Waals surface area contributed by atoms with Gasteiger partial charge in [-0.1, -0.05) is 0 Å². The van der Waals surface area contributed by atoms with Crippen LogP contribution in [0.2, 0.25) is 0 Å². The quantitative estimate of drug-likeness (QED) is 0.796. The summed E-state index contributed by atoms with van der Waals surface area (Å²) >= 11 is 1.59. The fourth-order valence-electron chi connectivity index (χ4n) is 1.94. The van der Waals surface area contributed by atoms with E-state index in [2.05, 4.69) is 4.99 Å². The lowest BCUT2D eigenvalue weighted by atomic mass is 10.1. The van der Waals surface area contributed by atoms with Crippen molar-refractivity contribution in [3.05, 3.63) is 17.7 Å². The summed E-state index contributed by atoms with van der Waals surface area (Å²) in [6, 6.07) is 3.88. The fraction of sp³-hybridized carbons (Fsp3) is 0.500. The van der Waals surface area contributed by atoms with Crippen LogP contribution in [-0.2, 0) is 4.74 Å². The Kier molecular flexibility index (Phi) is 3.94. The van der Waals surface area contributed by atoms with E-state index in [4.69, 9.17) is 14.2 Å². The molecule has 4 nitrogen and oxygen atoms in total. The molecule has 0 amide bonds. The largest absolute Gasteiger partial charge is 0.495 e. The van der Waals surface area contributed by atoms with Gasteiger partial charge < -0.3 is 14.2 Å². The highest BCUT2D eigenvalue weighted by molar-refractivity contribution is 7.98. The molecule has 0 bridgehead atoms. The van der Waals surface area contributed by atoms with E-state index in [1.807, 2.05) is 32.2 Å². The van der Waals surface area contributed by atoms with Crippen LogP contribution < -0.4 is 9.47 Å². The van der Waals surface area contributed by atoms with Crippen molar-refractivity contribution in [1.82, 2.24) is 0 Å². The molecule has 19 heavy (non-hydrogen) atoms. The molecule has 1 aliphatic heterocycles. The fourth-order valence-corrected chi connectivity index (χ4v) is 2.62. The molecule has 0 atom stereocenters. The number of benzene rings is 1. The molecule has 2 rings (SSSR count). The van der Waals surface area contributed by atoms with Crippen molar-refractivity contribution < 1.29 is 14.2 Å². The Morgan fingerprint density at radius 2 is 1.79 bits per heavy atom. The molecule has 1 aromatic rings. The average Bonchev–Trinajstić information content (AvgIpc) is 2.77. The molecule has 104 valence electrons. The van der Waals surface area contributed by atoms with Gasteiger partial charge in [-0.2, -0.15) is 0 Å². The summed E-state index contributed by atoms with van der Waals surface area (Å²) in [6.45, 7) is 4.69. The summed E-state index contributed by atoms with van der Waals surface area (Å²) in [7, 11) is 3.30. The molecule has 5 heteroatoms. The third-order valence-electron chi connectivity index (χ3n) is 2.88.